The van der Waals surface area contributed by atoms with Gasteiger partial charge >= 0.3 is 94.6 Å². The van der Waals surface area contributed by atoms with Gasteiger partial charge in [0.2, 0.25) is 5.91 Å². The van der Waals surface area contributed by atoms with E-state index in [0.717, 1.165) is 6.08 Å². The van der Waals surface area contributed by atoms with Crippen LogP contribution in [0.3, 0.4) is 0 Å². The molecule has 0 radical (unpaired) electrons. The number of carboxylic acid groups (broad SMARTS) is 2. The maximum atomic E-state index is 11.3. The van der Waals surface area contributed by atoms with Crippen LogP contribution in [0.25, 0.3) is 0 Å². The molecule has 36 heavy (non-hydrogen) atoms. The molecule has 0 aliphatic rings. The summed E-state index contributed by atoms with van der Waals surface area (Å²) in [5, 5.41) is 22.5. The molecule has 0 aromatic carbocycles. The zero-order valence-corrected chi connectivity index (χ0v) is 29.9. The largest absolute Gasteiger partial charge is 1.00 e. The monoisotopic (exact) mass is 542 g/mol. The number of carboxylic acids is 2. The molecular weight excluding hydrogens is 503 g/mol. The van der Waals surface area contributed by atoms with Crippen molar-refractivity contribution in [1.29, 1.82) is 0 Å². The van der Waals surface area contributed by atoms with Gasteiger partial charge in [-0.05, 0) is 11.5 Å². The second-order valence-corrected chi connectivity index (χ2v) is 8.49. The van der Waals surface area contributed by atoms with E-state index in [1.54, 1.807) is 20.1 Å². The predicted molar refractivity (Wildman–Crippen MR) is 118 cm³/mol. The van der Waals surface area contributed by atoms with Gasteiger partial charge in [-0.3, -0.25) is 15.9 Å². The minimum Gasteiger partial charge on any atom is -0.870 e. The van der Waals surface area contributed by atoms with Crippen LogP contribution in [-0.4, -0.2) is 48.7 Å². The Labute approximate surface area is 282 Å². The first-order chi connectivity index (χ1) is 14.5. The van der Waals surface area contributed by atoms with E-state index in [1.165, 1.54) is 20.3 Å². The Hall–Kier alpha value is 0.250. The number of ether oxygens (including phenoxy) is 1. The summed E-state index contributed by atoms with van der Waals surface area (Å²) in [5.74, 6) is -6.52. The van der Waals surface area contributed by atoms with E-state index >= 15 is 0 Å². The maximum Gasteiger partial charge on any atom is 1.00 e. The first-order valence-corrected chi connectivity index (χ1v) is 10.4. The molecule has 4 unspecified atom stereocenters. The van der Waals surface area contributed by atoms with E-state index in [9.17, 15) is 34.2 Å². The van der Waals surface area contributed by atoms with E-state index in [-0.39, 0.29) is 113 Å². The SMILES string of the molecule is C=CC(=O)NCCOC(=O)C(C)C(C)[C-]=O.CC(C(=O)[O-])C(C)C(=O)[O-].CCC(C)(C)C.[Na+].[Na+].[Na+].[OH-]. The zero-order valence-electron chi connectivity index (χ0n) is 23.9. The molecule has 4 atom stereocenters. The van der Waals surface area contributed by atoms with Crippen molar-refractivity contribution in [3.63, 3.8) is 0 Å². The average Bonchev–Trinajstić information content (AvgIpc) is 2.74. The van der Waals surface area contributed by atoms with E-state index in [0.29, 0.717) is 5.41 Å². The van der Waals surface area contributed by atoms with Crippen molar-refractivity contribution in [3.8, 4) is 0 Å². The van der Waals surface area contributed by atoms with Crippen molar-refractivity contribution in [1.82, 2.24) is 5.32 Å². The van der Waals surface area contributed by atoms with Crippen LogP contribution in [-0.2, 0) is 28.7 Å². The molecule has 0 saturated heterocycles. The fraction of sp³-hybridized carbons (Fsp3) is 0.696. The Morgan fingerprint density at radius 1 is 0.944 bits per heavy atom. The molecule has 2 N–H and O–H groups in total. The first kappa shape index (κ1) is 52.6. The van der Waals surface area contributed by atoms with E-state index in [1.807, 2.05) is 0 Å². The first-order valence-electron chi connectivity index (χ1n) is 10.4. The van der Waals surface area contributed by atoms with Gasteiger partial charge in [0.15, 0.2) is 0 Å². The molecular formula is C23H39NNa3O9-. The number of esters is 1. The van der Waals surface area contributed by atoms with Gasteiger partial charge in [0.25, 0.3) is 0 Å². The van der Waals surface area contributed by atoms with Crippen LogP contribution < -0.4 is 104 Å². The second kappa shape index (κ2) is 29.8. The van der Waals surface area contributed by atoms with Gasteiger partial charge in [-0.25, -0.2) is 0 Å². The molecule has 0 fully saturated rings. The molecule has 1 amide bonds. The molecule has 194 valence electrons. The van der Waals surface area contributed by atoms with Crippen LogP contribution in [0.5, 0.6) is 0 Å². The normalized spacial score (nSPS) is 12.3. The van der Waals surface area contributed by atoms with Crippen LogP contribution >= 0.6 is 0 Å². The molecule has 0 bridgehead atoms. The summed E-state index contributed by atoms with van der Waals surface area (Å²) in [4.78, 5) is 52.4. The number of carbonyl (C=O) groups excluding carboxylic acids is 5. The summed E-state index contributed by atoms with van der Waals surface area (Å²) in [7, 11) is 0. The summed E-state index contributed by atoms with van der Waals surface area (Å²) in [6.45, 7) is 18.3. The second-order valence-electron chi connectivity index (χ2n) is 8.49. The van der Waals surface area contributed by atoms with Crippen molar-refractivity contribution < 1.29 is 133 Å². The molecule has 0 aliphatic heterocycles. The van der Waals surface area contributed by atoms with E-state index in [4.69, 9.17) is 4.74 Å². The van der Waals surface area contributed by atoms with Crippen LogP contribution in [0, 0.1) is 29.1 Å². The van der Waals surface area contributed by atoms with Crippen LogP contribution in [0.2, 0.25) is 0 Å². The maximum absolute atomic E-state index is 11.3. The topological polar surface area (TPSA) is 183 Å². The minimum atomic E-state index is -1.36. The van der Waals surface area contributed by atoms with Crippen molar-refractivity contribution >= 4 is 30.1 Å². The van der Waals surface area contributed by atoms with Crippen LogP contribution in [0.15, 0.2) is 12.7 Å². The van der Waals surface area contributed by atoms with E-state index < -0.39 is 41.6 Å². The number of amides is 1. The number of hydrogen-bond acceptors (Lipinski definition) is 9. The Kier molecular flexibility index (Phi) is 43.6. The quantitative estimate of drug-likeness (QED) is 0.0921. The van der Waals surface area contributed by atoms with Crippen molar-refractivity contribution in [3.05, 3.63) is 12.7 Å². The third kappa shape index (κ3) is 32.3. The van der Waals surface area contributed by atoms with Crippen LogP contribution in [0.4, 0.5) is 0 Å². The molecule has 0 spiro atoms. The Morgan fingerprint density at radius 2 is 1.31 bits per heavy atom. The molecule has 0 aromatic rings. The summed E-state index contributed by atoms with van der Waals surface area (Å²) in [6, 6.07) is 0. The standard InChI is InChI=1S/C11H16NO4.C6H10O4.C6H14.3Na.H2O/c1-4-10(14)12-5-6-16-11(15)9(3)8(2)7-13;1-3(5(7)8)4(2)6(9)10;1-5-6(2,3)4;;;;/h4,8-9H,1,5-6H2,2-3H3,(H,12,14);3-4H,1-2H3,(H,7,8)(H,9,10);5H2,1-4H3;;;;1H2/q-1;;;3*+1;/p-3. The summed E-state index contributed by atoms with van der Waals surface area (Å²) < 4.78 is 4.85. The van der Waals surface area contributed by atoms with Crippen molar-refractivity contribution in [2.75, 3.05) is 13.2 Å². The molecule has 0 aliphatic carbocycles. The number of nitrogens with one attached hydrogen (secondary N) is 1. The zero-order chi connectivity index (χ0) is 26.1. The third-order valence-electron chi connectivity index (χ3n) is 4.69. The predicted octanol–water partition coefficient (Wildman–Crippen LogP) is -8.75. The molecule has 0 rings (SSSR count). The van der Waals surface area contributed by atoms with Gasteiger partial charge in [0.1, 0.15) is 6.61 Å². The fourth-order valence-electron chi connectivity index (χ4n) is 1.24. The van der Waals surface area contributed by atoms with Gasteiger partial charge in [0, 0.05) is 29.7 Å². The van der Waals surface area contributed by atoms with Gasteiger partial charge in [0.05, 0.1) is 6.54 Å². The smallest absolute Gasteiger partial charge is 0.870 e. The van der Waals surface area contributed by atoms with E-state index in [2.05, 4.69) is 39.6 Å². The van der Waals surface area contributed by atoms with Gasteiger partial charge < -0.3 is 40.1 Å². The number of carbonyl (C=O) groups is 4. The molecule has 0 aromatic heterocycles. The summed E-state index contributed by atoms with van der Waals surface area (Å²) in [5.41, 5.74) is 0.542. The Morgan fingerprint density at radius 3 is 1.56 bits per heavy atom. The van der Waals surface area contributed by atoms with Gasteiger partial charge in [-0.2, -0.15) is 0 Å². The number of aliphatic carboxylic acids is 2. The Balaban J connectivity index is -0.0000000732. The Bertz CT molecular complexity index is 608. The number of hydrogen-bond donors (Lipinski definition) is 1. The summed E-state index contributed by atoms with van der Waals surface area (Å²) >= 11 is 0. The summed E-state index contributed by atoms with van der Waals surface area (Å²) in [6.07, 6.45) is 4.13. The average molecular weight is 543 g/mol. The molecule has 13 heteroatoms. The fourth-order valence-corrected chi connectivity index (χ4v) is 1.24. The van der Waals surface area contributed by atoms with Gasteiger partial charge in [-0.15, -0.1) is 5.92 Å². The van der Waals surface area contributed by atoms with Crippen LogP contribution in [0.1, 0.15) is 61.8 Å². The van der Waals surface area contributed by atoms with Crippen molar-refractivity contribution in [2.24, 2.45) is 29.1 Å². The van der Waals surface area contributed by atoms with Crippen molar-refractivity contribution in [2.45, 2.75) is 61.8 Å². The van der Waals surface area contributed by atoms with Gasteiger partial charge in [-0.1, -0.05) is 68.4 Å². The molecule has 0 saturated carbocycles. The minimum absolute atomic E-state index is 0. The molecule has 0 heterocycles. The molecule has 10 nitrogen and oxygen atoms in total. The number of rotatable bonds is 10. The third-order valence-corrected chi connectivity index (χ3v) is 4.69.